The minimum Gasteiger partial charge on any atom is -0.459 e. The van der Waals surface area contributed by atoms with Crippen molar-refractivity contribution in [1.29, 1.82) is 0 Å². The van der Waals surface area contributed by atoms with Crippen LogP contribution in [-0.2, 0) is 6.42 Å². The lowest BCUT2D eigenvalue weighted by molar-refractivity contribution is 0.0657. The van der Waals surface area contributed by atoms with Crippen LogP contribution in [0.3, 0.4) is 0 Å². The molecule has 0 saturated carbocycles. The molecule has 3 heterocycles. The van der Waals surface area contributed by atoms with Crippen molar-refractivity contribution in [2.45, 2.75) is 13.3 Å². The van der Waals surface area contributed by atoms with Gasteiger partial charge in [0.05, 0.1) is 6.26 Å². The summed E-state index contributed by atoms with van der Waals surface area (Å²) in [6, 6.07) is 7.67. The molecular formula is C18H25IN4O2S. The number of carbonyl (C=O) groups is 1. The van der Waals surface area contributed by atoms with Crippen LogP contribution in [-0.4, -0.2) is 60.9 Å². The highest BCUT2D eigenvalue weighted by molar-refractivity contribution is 14.0. The first-order chi connectivity index (χ1) is 12.3. The van der Waals surface area contributed by atoms with Gasteiger partial charge in [0, 0.05) is 50.6 Å². The monoisotopic (exact) mass is 488 g/mol. The van der Waals surface area contributed by atoms with Crippen molar-refractivity contribution in [2.75, 3.05) is 39.3 Å². The summed E-state index contributed by atoms with van der Waals surface area (Å²) in [4.78, 5) is 22.5. The summed E-state index contributed by atoms with van der Waals surface area (Å²) in [5, 5.41) is 5.46. The first-order valence-electron chi connectivity index (χ1n) is 8.66. The number of guanidine groups is 1. The highest BCUT2D eigenvalue weighted by atomic mass is 127. The van der Waals surface area contributed by atoms with Crippen molar-refractivity contribution in [3.05, 3.63) is 46.5 Å². The molecule has 0 aliphatic carbocycles. The fraction of sp³-hybridized carbons (Fsp3) is 0.444. The third-order valence-electron chi connectivity index (χ3n) is 4.13. The zero-order valence-electron chi connectivity index (χ0n) is 14.9. The van der Waals surface area contributed by atoms with E-state index < -0.39 is 0 Å². The number of furan rings is 1. The summed E-state index contributed by atoms with van der Waals surface area (Å²) in [6.07, 6.45) is 2.50. The summed E-state index contributed by atoms with van der Waals surface area (Å²) in [5.41, 5.74) is 0. The molecule has 0 aromatic carbocycles. The van der Waals surface area contributed by atoms with Gasteiger partial charge in [-0.15, -0.1) is 35.3 Å². The van der Waals surface area contributed by atoms with Gasteiger partial charge in [0.1, 0.15) is 0 Å². The molecule has 0 spiro atoms. The minimum atomic E-state index is -0.0377. The molecule has 26 heavy (non-hydrogen) atoms. The molecule has 0 unspecified atom stereocenters. The Bertz CT molecular complexity index is 680. The van der Waals surface area contributed by atoms with Crippen LogP contribution in [0.5, 0.6) is 0 Å². The van der Waals surface area contributed by atoms with Gasteiger partial charge >= 0.3 is 0 Å². The molecule has 0 radical (unpaired) electrons. The molecule has 0 atom stereocenters. The smallest absolute Gasteiger partial charge is 0.289 e. The average molecular weight is 488 g/mol. The quantitative estimate of drug-likeness (QED) is 0.400. The Hall–Kier alpha value is -1.55. The lowest BCUT2D eigenvalue weighted by Crippen LogP contribution is -2.53. The normalized spacial score (nSPS) is 14.9. The number of thiophene rings is 1. The Morgan fingerprint density at radius 2 is 2.00 bits per heavy atom. The number of hydrogen-bond acceptors (Lipinski definition) is 4. The van der Waals surface area contributed by atoms with E-state index in [0.29, 0.717) is 18.8 Å². The van der Waals surface area contributed by atoms with Gasteiger partial charge in [-0.05, 0) is 30.5 Å². The van der Waals surface area contributed by atoms with E-state index in [2.05, 4.69) is 34.7 Å². The number of rotatable bonds is 5. The van der Waals surface area contributed by atoms with Crippen LogP contribution in [0.15, 0.2) is 45.3 Å². The van der Waals surface area contributed by atoms with E-state index in [1.54, 1.807) is 23.5 Å². The van der Waals surface area contributed by atoms with Gasteiger partial charge in [0.15, 0.2) is 11.7 Å². The standard InChI is InChI=1S/C18H24N4O2S.HI/c1-2-19-18(20-8-7-15-5-4-14-25-15)22-11-9-21(10-12-22)17(23)16-6-3-13-24-16;/h3-6,13-14H,2,7-12H2,1H3,(H,19,20);1H. The van der Waals surface area contributed by atoms with Crippen LogP contribution < -0.4 is 5.32 Å². The molecule has 6 nitrogen and oxygen atoms in total. The number of nitrogens with one attached hydrogen (secondary N) is 1. The van der Waals surface area contributed by atoms with E-state index >= 15 is 0 Å². The molecule has 1 aliphatic heterocycles. The number of nitrogens with zero attached hydrogens (tertiary/aromatic N) is 3. The van der Waals surface area contributed by atoms with Crippen LogP contribution in [0.2, 0.25) is 0 Å². The Morgan fingerprint density at radius 3 is 2.62 bits per heavy atom. The predicted molar refractivity (Wildman–Crippen MR) is 116 cm³/mol. The average Bonchev–Trinajstić information content (AvgIpc) is 3.34. The minimum absolute atomic E-state index is 0. The van der Waals surface area contributed by atoms with Gasteiger partial charge < -0.3 is 19.5 Å². The van der Waals surface area contributed by atoms with E-state index in [0.717, 1.165) is 38.6 Å². The van der Waals surface area contributed by atoms with Crippen LogP contribution in [0.4, 0.5) is 0 Å². The van der Waals surface area contributed by atoms with Crippen LogP contribution >= 0.6 is 35.3 Å². The van der Waals surface area contributed by atoms with Crippen molar-refractivity contribution in [3.8, 4) is 0 Å². The molecule has 1 fully saturated rings. The van der Waals surface area contributed by atoms with Gasteiger partial charge in [0.2, 0.25) is 0 Å². The summed E-state index contributed by atoms with van der Waals surface area (Å²) < 4.78 is 5.21. The van der Waals surface area contributed by atoms with E-state index in [1.165, 1.54) is 11.1 Å². The fourth-order valence-electron chi connectivity index (χ4n) is 2.83. The van der Waals surface area contributed by atoms with Crippen molar-refractivity contribution < 1.29 is 9.21 Å². The number of amides is 1. The van der Waals surface area contributed by atoms with Gasteiger partial charge in [-0.3, -0.25) is 9.79 Å². The second kappa shape index (κ2) is 10.6. The maximum atomic E-state index is 12.3. The van der Waals surface area contributed by atoms with Gasteiger partial charge in [-0.1, -0.05) is 6.07 Å². The number of piperazine rings is 1. The lowest BCUT2D eigenvalue weighted by Gasteiger charge is -2.36. The van der Waals surface area contributed by atoms with Crippen molar-refractivity contribution >= 4 is 47.2 Å². The highest BCUT2D eigenvalue weighted by Gasteiger charge is 2.25. The molecule has 142 valence electrons. The molecule has 1 amide bonds. The highest BCUT2D eigenvalue weighted by Crippen LogP contribution is 2.11. The van der Waals surface area contributed by atoms with Crippen LogP contribution in [0.25, 0.3) is 0 Å². The zero-order chi connectivity index (χ0) is 17.5. The molecule has 2 aromatic heterocycles. The summed E-state index contributed by atoms with van der Waals surface area (Å²) in [7, 11) is 0. The lowest BCUT2D eigenvalue weighted by atomic mass is 10.3. The van der Waals surface area contributed by atoms with Crippen molar-refractivity contribution in [2.24, 2.45) is 4.99 Å². The first-order valence-corrected chi connectivity index (χ1v) is 9.54. The first kappa shape index (κ1) is 20.8. The number of halogens is 1. The summed E-state index contributed by atoms with van der Waals surface area (Å²) in [5.74, 6) is 1.30. The zero-order valence-corrected chi connectivity index (χ0v) is 18.0. The second-order valence-electron chi connectivity index (χ2n) is 5.82. The molecule has 1 N–H and O–H groups in total. The van der Waals surface area contributed by atoms with E-state index in [4.69, 9.17) is 9.41 Å². The van der Waals surface area contributed by atoms with E-state index in [1.807, 2.05) is 4.90 Å². The molecule has 1 saturated heterocycles. The SMILES string of the molecule is CCNC(=NCCc1cccs1)N1CCN(C(=O)c2ccco2)CC1.I. The molecule has 2 aromatic rings. The molecule has 0 bridgehead atoms. The largest absolute Gasteiger partial charge is 0.459 e. The topological polar surface area (TPSA) is 61.1 Å². The van der Waals surface area contributed by atoms with Gasteiger partial charge in [0.25, 0.3) is 5.91 Å². The number of hydrogen-bond donors (Lipinski definition) is 1. The third kappa shape index (κ3) is 5.47. The van der Waals surface area contributed by atoms with Gasteiger partial charge in [-0.2, -0.15) is 0 Å². The maximum absolute atomic E-state index is 12.3. The Kier molecular flexibility index (Phi) is 8.43. The number of aliphatic imine (C=N–C) groups is 1. The summed E-state index contributed by atoms with van der Waals surface area (Å²) >= 11 is 1.77. The van der Waals surface area contributed by atoms with Crippen molar-refractivity contribution in [1.82, 2.24) is 15.1 Å². The van der Waals surface area contributed by atoms with Crippen LogP contribution in [0.1, 0.15) is 22.4 Å². The third-order valence-corrected chi connectivity index (χ3v) is 5.07. The van der Waals surface area contributed by atoms with E-state index in [9.17, 15) is 4.79 Å². The van der Waals surface area contributed by atoms with Gasteiger partial charge in [-0.25, -0.2) is 0 Å². The Labute approximate surface area is 175 Å². The molecular weight excluding hydrogens is 463 g/mol. The van der Waals surface area contributed by atoms with E-state index in [-0.39, 0.29) is 29.9 Å². The Balaban J connectivity index is 0.00000243. The predicted octanol–water partition coefficient (Wildman–Crippen LogP) is 2.93. The maximum Gasteiger partial charge on any atom is 0.289 e. The molecule has 3 rings (SSSR count). The Morgan fingerprint density at radius 1 is 1.23 bits per heavy atom. The van der Waals surface area contributed by atoms with Crippen LogP contribution in [0, 0.1) is 0 Å². The fourth-order valence-corrected chi connectivity index (χ4v) is 3.53. The summed E-state index contributed by atoms with van der Waals surface area (Å²) in [6.45, 7) is 6.58. The number of carbonyl (C=O) groups excluding carboxylic acids is 1. The van der Waals surface area contributed by atoms with Crippen molar-refractivity contribution in [3.63, 3.8) is 0 Å². The molecule has 1 aliphatic rings. The second-order valence-corrected chi connectivity index (χ2v) is 6.85. The molecule has 8 heteroatoms.